The molecule has 1 amide bonds. The lowest BCUT2D eigenvalue weighted by Gasteiger charge is -2.29. The second-order valence-electron chi connectivity index (χ2n) is 10.4. The summed E-state index contributed by atoms with van der Waals surface area (Å²) in [4.78, 5) is 28.7. The zero-order chi connectivity index (χ0) is 28.4. The Balaban J connectivity index is 1.74. The van der Waals surface area contributed by atoms with Crippen molar-refractivity contribution in [2.45, 2.75) is 45.6 Å². The van der Waals surface area contributed by atoms with Crippen LogP contribution in [0.2, 0.25) is 0 Å². The number of hydrogen-bond acceptors (Lipinski definition) is 7. The topological polar surface area (TPSA) is 101 Å². The summed E-state index contributed by atoms with van der Waals surface area (Å²) in [5.41, 5.74) is 2.31. The van der Waals surface area contributed by atoms with Crippen LogP contribution in [0.3, 0.4) is 0 Å². The molecule has 1 heterocycles. The van der Waals surface area contributed by atoms with Crippen molar-refractivity contribution in [3.05, 3.63) is 59.7 Å². The summed E-state index contributed by atoms with van der Waals surface area (Å²) in [6.45, 7) is 10.8. The predicted octanol–water partition coefficient (Wildman–Crippen LogP) is 4.61. The van der Waals surface area contributed by atoms with Crippen molar-refractivity contribution >= 4 is 17.4 Å². The van der Waals surface area contributed by atoms with Gasteiger partial charge in [0, 0.05) is 38.3 Å². The number of ether oxygens (including phenoxy) is 3. The molecule has 0 unspecified atom stereocenters. The van der Waals surface area contributed by atoms with Crippen LogP contribution in [0.1, 0.15) is 49.9 Å². The van der Waals surface area contributed by atoms with Crippen molar-refractivity contribution in [2.24, 2.45) is 11.8 Å². The van der Waals surface area contributed by atoms with Gasteiger partial charge in [-0.15, -0.1) is 0 Å². The molecule has 8 heteroatoms. The maximum atomic E-state index is 13.7. The highest BCUT2D eigenvalue weighted by Gasteiger charge is 2.38. The SMILES string of the molecule is C=C/C=C\C(=N)C(=O)N(C[C@@H]1CNC[C@H]1CC(C(=O)c1ccc(OC)c(OCCCOC)c1)=C(C)C)C1CC1. The number of nitrogens with zero attached hydrogens (tertiary/aromatic N) is 1. The van der Waals surface area contributed by atoms with Crippen LogP contribution in [-0.4, -0.2) is 75.4 Å². The molecule has 1 aromatic carbocycles. The molecule has 1 aliphatic heterocycles. The van der Waals surface area contributed by atoms with E-state index in [1.165, 1.54) is 6.08 Å². The first-order valence-electron chi connectivity index (χ1n) is 13.7. The third-order valence-corrected chi connectivity index (χ3v) is 7.31. The van der Waals surface area contributed by atoms with Crippen LogP contribution in [0.15, 0.2) is 54.2 Å². The molecule has 2 fully saturated rings. The Labute approximate surface area is 232 Å². The van der Waals surface area contributed by atoms with Gasteiger partial charge in [0.2, 0.25) is 0 Å². The molecule has 1 aliphatic carbocycles. The van der Waals surface area contributed by atoms with E-state index in [0.717, 1.165) is 43.5 Å². The quantitative estimate of drug-likeness (QED) is 0.105. The molecule has 39 heavy (non-hydrogen) atoms. The first-order valence-corrected chi connectivity index (χ1v) is 13.7. The van der Waals surface area contributed by atoms with Gasteiger partial charge in [-0.3, -0.25) is 15.0 Å². The van der Waals surface area contributed by atoms with Crippen LogP contribution in [0, 0.1) is 17.2 Å². The molecule has 1 saturated carbocycles. The number of carbonyl (C=O) groups excluding carboxylic acids is 2. The summed E-state index contributed by atoms with van der Waals surface area (Å²) in [6.07, 6.45) is 7.98. The number of allylic oxidation sites excluding steroid dienone is 4. The summed E-state index contributed by atoms with van der Waals surface area (Å²) >= 11 is 0. The molecule has 1 saturated heterocycles. The number of hydrogen-bond donors (Lipinski definition) is 2. The number of methoxy groups -OCH3 is 2. The fraction of sp³-hybridized carbons (Fsp3) is 0.516. The number of rotatable bonds is 16. The normalized spacial score (nSPS) is 18.6. The summed E-state index contributed by atoms with van der Waals surface area (Å²) < 4.78 is 16.4. The minimum absolute atomic E-state index is 0.0171. The fourth-order valence-electron chi connectivity index (χ4n) is 4.94. The highest BCUT2D eigenvalue weighted by Crippen LogP contribution is 2.34. The largest absolute Gasteiger partial charge is 0.493 e. The van der Waals surface area contributed by atoms with Gasteiger partial charge in [0.15, 0.2) is 17.3 Å². The summed E-state index contributed by atoms with van der Waals surface area (Å²) in [7, 11) is 3.24. The lowest BCUT2D eigenvalue weighted by molar-refractivity contribution is -0.125. The first-order chi connectivity index (χ1) is 18.8. The van der Waals surface area contributed by atoms with E-state index < -0.39 is 0 Å². The third-order valence-electron chi connectivity index (χ3n) is 7.31. The number of nitrogens with one attached hydrogen (secondary N) is 2. The third kappa shape index (κ3) is 8.38. The van der Waals surface area contributed by atoms with Crippen molar-refractivity contribution in [1.82, 2.24) is 10.2 Å². The number of ketones is 1. The molecule has 8 nitrogen and oxygen atoms in total. The zero-order valence-corrected chi connectivity index (χ0v) is 23.8. The molecule has 2 atom stereocenters. The van der Waals surface area contributed by atoms with Crippen molar-refractivity contribution in [1.29, 1.82) is 5.41 Å². The van der Waals surface area contributed by atoms with Gasteiger partial charge in [0.1, 0.15) is 5.71 Å². The number of benzene rings is 1. The Morgan fingerprint density at radius 1 is 1.13 bits per heavy atom. The van der Waals surface area contributed by atoms with Gasteiger partial charge in [-0.2, -0.15) is 0 Å². The lowest BCUT2D eigenvalue weighted by atomic mass is 9.85. The average molecular weight is 538 g/mol. The number of amides is 1. The summed E-state index contributed by atoms with van der Waals surface area (Å²) in [6, 6.07) is 5.52. The van der Waals surface area contributed by atoms with E-state index in [0.29, 0.717) is 43.2 Å². The maximum absolute atomic E-state index is 13.7. The van der Waals surface area contributed by atoms with Gasteiger partial charge in [0.25, 0.3) is 5.91 Å². The van der Waals surface area contributed by atoms with E-state index in [4.69, 9.17) is 19.6 Å². The van der Waals surface area contributed by atoms with Crippen molar-refractivity contribution in [2.75, 3.05) is 47.1 Å². The Bertz CT molecular complexity index is 1100. The Morgan fingerprint density at radius 2 is 1.87 bits per heavy atom. The van der Waals surface area contributed by atoms with Gasteiger partial charge in [-0.1, -0.05) is 24.3 Å². The second-order valence-corrected chi connectivity index (χ2v) is 10.4. The van der Waals surface area contributed by atoms with E-state index in [1.807, 2.05) is 18.7 Å². The van der Waals surface area contributed by atoms with Crippen LogP contribution >= 0.6 is 0 Å². The van der Waals surface area contributed by atoms with Crippen molar-refractivity contribution in [3.63, 3.8) is 0 Å². The fourth-order valence-corrected chi connectivity index (χ4v) is 4.94. The van der Waals surface area contributed by atoms with Gasteiger partial charge in [0.05, 0.1) is 13.7 Å². The van der Waals surface area contributed by atoms with Crippen LogP contribution in [0.5, 0.6) is 11.5 Å². The van der Waals surface area contributed by atoms with Crippen molar-refractivity contribution in [3.8, 4) is 11.5 Å². The van der Waals surface area contributed by atoms with Crippen LogP contribution in [-0.2, 0) is 9.53 Å². The molecule has 212 valence electrons. The van der Waals surface area contributed by atoms with E-state index in [2.05, 4.69) is 11.9 Å². The number of carbonyl (C=O) groups is 2. The smallest absolute Gasteiger partial charge is 0.271 e. The molecule has 3 rings (SSSR count). The Morgan fingerprint density at radius 3 is 2.51 bits per heavy atom. The summed E-state index contributed by atoms with van der Waals surface area (Å²) in [5, 5.41) is 11.7. The van der Waals surface area contributed by atoms with E-state index >= 15 is 0 Å². The minimum atomic E-state index is -0.240. The highest BCUT2D eigenvalue weighted by molar-refractivity contribution is 6.42. The van der Waals surface area contributed by atoms with Gasteiger partial charge in [-0.25, -0.2) is 0 Å². The Hall–Kier alpha value is -3.23. The Kier molecular flexibility index (Phi) is 11.5. The zero-order valence-electron chi connectivity index (χ0n) is 23.8. The van der Waals surface area contributed by atoms with Gasteiger partial charge >= 0.3 is 0 Å². The lowest BCUT2D eigenvalue weighted by Crippen LogP contribution is -2.42. The molecule has 1 aromatic rings. The molecule has 0 bridgehead atoms. The van der Waals surface area contributed by atoms with Crippen LogP contribution in [0.25, 0.3) is 0 Å². The predicted molar refractivity (Wildman–Crippen MR) is 154 cm³/mol. The molecule has 2 N–H and O–H groups in total. The molecular formula is C31H43N3O5. The van der Waals surface area contributed by atoms with Gasteiger partial charge in [-0.05, 0) is 87.9 Å². The maximum Gasteiger partial charge on any atom is 0.271 e. The molecule has 0 spiro atoms. The molecule has 0 aromatic heterocycles. The summed E-state index contributed by atoms with van der Waals surface area (Å²) in [5.74, 6) is 1.27. The monoisotopic (exact) mass is 537 g/mol. The second kappa shape index (κ2) is 14.8. The minimum Gasteiger partial charge on any atom is -0.493 e. The molecule has 2 aliphatic rings. The average Bonchev–Trinajstić information content (AvgIpc) is 3.69. The first kappa shape index (κ1) is 30.3. The van der Waals surface area contributed by atoms with Gasteiger partial charge < -0.3 is 24.4 Å². The van der Waals surface area contributed by atoms with E-state index in [9.17, 15) is 9.59 Å². The van der Waals surface area contributed by atoms with Crippen molar-refractivity contribution < 1.29 is 23.8 Å². The van der Waals surface area contributed by atoms with Crippen LogP contribution < -0.4 is 14.8 Å². The molecule has 0 radical (unpaired) electrons. The molecular weight excluding hydrogens is 494 g/mol. The highest BCUT2D eigenvalue weighted by atomic mass is 16.5. The van der Waals surface area contributed by atoms with E-state index in [1.54, 1.807) is 44.6 Å². The number of Topliss-reactive ketones (excluding diaryl/α,β-unsaturated/α-hetero) is 1. The van der Waals surface area contributed by atoms with Crippen LogP contribution in [0.4, 0.5) is 0 Å². The standard InChI is InChI=1S/C31H43N3O5/c1-6-7-9-27(32)31(36)34(25-11-12-25)20-24-19-33-18-23(24)16-26(21(2)3)30(35)22-10-13-28(38-5)29(17-22)39-15-8-14-37-4/h6-7,9-10,13,17,23-25,32-33H,1,8,11-12,14-16,18-20H2,2-5H3/b9-7-,32-27?/t23-,24+/m1/s1. The van der Waals surface area contributed by atoms with E-state index in [-0.39, 0.29) is 35.3 Å².